The molecule has 3 heteroatoms. The molecular weight excluding hydrogens is 167 g/mol. The topological polar surface area (TPSA) is 15.3 Å². The summed E-state index contributed by atoms with van der Waals surface area (Å²) in [6.45, 7) is 4.50. The predicted octanol–water partition coefficient (Wildman–Crippen LogP) is 1.98. The first-order chi connectivity index (χ1) is 5.80. The van der Waals surface area contributed by atoms with Gasteiger partial charge in [-0.1, -0.05) is 28.7 Å². The molecule has 2 unspecified atom stereocenters. The van der Waals surface area contributed by atoms with Gasteiger partial charge in [-0.2, -0.15) is 0 Å². The molecule has 1 fully saturated rings. The van der Waals surface area contributed by atoms with E-state index in [1.807, 2.05) is 0 Å². The lowest BCUT2D eigenvalue weighted by atomic mass is 10.1. The standard InChI is InChI=1S/C9H21N2P/c1-9-6-4-2-3-5-7-10-8-11(9)12/h9-10H,2-8,12H2,1H3. The first-order valence-corrected chi connectivity index (χ1v) is 5.54. The van der Waals surface area contributed by atoms with E-state index in [1.165, 1.54) is 38.6 Å². The first kappa shape index (κ1) is 10.4. The van der Waals surface area contributed by atoms with E-state index in [0.717, 1.165) is 6.67 Å². The van der Waals surface area contributed by atoms with Crippen LogP contribution >= 0.6 is 9.39 Å². The van der Waals surface area contributed by atoms with Gasteiger partial charge in [-0.3, -0.25) is 4.67 Å². The van der Waals surface area contributed by atoms with Gasteiger partial charge in [0.05, 0.1) is 6.67 Å². The van der Waals surface area contributed by atoms with E-state index < -0.39 is 0 Å². The normalized spacial score (nSPS) is 30.0. The molecule has 0 amide bonds. The molecule has 0 saturated carbocycles. The highest BCUT2D eigenvalue weighted by molar-refractivity contribution is 7.13. The summed E-state index contributed by atoms with van der Waals surface area (Å²) in [5.41, 5.74) is 0. The summed E-state index contributed by atoms with van der Waals surface area (Å²) in [5, 5.41) is 3.44. The van der Waals surface area contributed by atoms with Crippen LogP contribution < -0.4 is 5.32 Å². The third kappa shape index (κ3) is 3.84. The summed E-state index contributed by atoms with van der Waals surface area (Å²) < 4.78 is 2.32. The van der Waals surface area contributed by atoms with E-state index in [0.29, 0.717) is 6.04 Å². The Morgan fingerprint density at radius 2 is 2.00 bits per heavy atom. The summed E-state index contributed by atoms with van der Waals surface area (Å²) >= 11 is 0. The minimum atomic E-state index is 0.709. The van der Waals surface area contributed by atoms with Crippen molar-refractivity contribution in [3.63, 3.8) is 0 Å². The van der Waals surface area contributed by atoms with Gasteiger partial charge in [-0.15, -0.1) is 0 Å². The van der Waals surface area contributed by atoms with Crippen LogP contribution in [0.4, 0.5) is 0 Å². The Kier molecular flexibility index (Phi) is 5.13. The predicted molar refractivity (Wildman–Crippen MR) is 57.0 cm³/mol. The van der Waals surface area contributed by atoms with E-state index in [9.17, 15) is 0 Å². The molecule has 1 N–H and O–H groups in total. The van der Waals surface area contributed by atoms with Crippen molar-refractivity contribution in [2.75, 3.05) is 13.2 Å². The van der Waals surface area contributed by atoms with E-state index >= 15 is 0 Å². The molecule has 0 aromatic rings. The Balaban J connectivity index is 2.26. The molecule has 1 rings (SSSR count). The van der Waals surface area contributed by atoms with E-state index in [-0.39, 0.29) is 0 Å². The molecule has 1 saturated heterocycles. The monoisotopic (exact) mass is 188 g/mol. The average Bonchev–Trinajstić information content (AvgIpc) is 2.08. The molecule has 0 radical (unpaired) electrons. The Labute approximate surface area is 78.3 Å². The van der Waals surface area contributed by atoms with Gasteiger partial charge in [-0.05, 0) is 26.3 Å². The van der Waals surface area contributed by atoms with Gasteiger partial charge in [-0.25, -0.2) is 0 Å². The highest BCUT2D eigenvalue weighted by Crippen LogP contribution is 2.14. The lowest BCUT2D eigenvalue weighted by Crippen LogP contribution is -2.34. The highest BCUT2D eigenvalue weighted by Gasteiger charge is 2.09. The molecule has 12 heavy (non-hydrogen) atoms. The Morgan fingerprint density at radius 3 is 2.83 bits per heavy atom. The van der Waals surface area contributed by atoms with Crippen LogP contribution in [0.25, 0.3) is 0 Å². The van der Waals surface area contributed by atoms with Crippen molar-refractivity contribution < 1.29 is 0 Å². The van der Waals surface area contributed by atoms with Crippen LogP contribution in [0.15, 0.2) is 0 Å². The summed E-state index contributed by atoms with van der Waals surface area (Å²) in [5.74, 6) is 0. The molecule has 72 valence electrons. The quantitative estimate of drug-likeness (QED) is 0.585. The molecule has 0 spiro atoms. The van der Waals surface area contributed by atoms with Gasteiger partial charge >= 0.3 is 0 Å². The highest BCUT2D eigenvalue weighted by atomic mass is 31.0. The zero-order valence-corrected chi connectivity index (χ0v) is 9.21. The van der Waals surface area contributed by atoms with Gasteiger partial charge in [0.15, 0.2) is 0 Å². The van der Waals surface area contributed by atoms with Gasteiger partial charge in [0.25, 0.3) is 0 Å². The van der Waals surface area contributed by atoms with Crippen molar-refractivity contribution in [1.82, 2.24) is 9.99 Å². The van der Waals surface area contributed by atoms with Crippen molar-refractivity contribution in [3.8, 4) is 0 Å². The average molecular weight is 188 g/mol. The van der Waals surface area contributed by atoms with Gasteiger partial charge in [0.1, 0.15) is 0 Å². The SMILES string of the molecule is CC1CCCCCCNCN1P. The van der Waals surface area contributed by atoms with Crippen molar-refractivity contribution in [1.29, 1.82) is 0 Å². The summed E-state index contributed by atoms with van der Waals surface area (Å²) in [6.07, 6.45) is 6.88. The first-order valence-electron chi connectivity index (χ1n) is 5.03. The lowest BCUT2D eigenvalue weighted by Gasteiger charge is -2.25. The fourth-order valence-corrected chi connectivity index (χ4v) is 1.85. The molecule has 1 aliphatic heterocycles. The summed E-state index contributed by atoms with van der Waals surface area (Å²) in [6, 6.07) is 0.709. The Morgan fingerprint density at radius 1 is 1.25 bits per heavy atom. The fourth-order valence-electron chi connectivity index (χ4n) is 1.57. The Bertz CT molecular complexity index is 105. The van der Waals surface area contributed by atoms with Crippen LogP contribution in [0.1, 0.15) is 39.0 Å². The van der Waals surface area contributed by atoms with E-state index in [2.05, 4.69) is 26.3 Å². The minimum Gasteiger partial charge on any atom is -0.304 e. The third-order valence-electron chi connectivity index (χ3n) is 2.59. The molecular formula is C9H21N2P. The van der Waals surface area contributed by atoms with Gasteiger partial charge in [0, 0.05) is 6.04 Å². The molecule has 2 nitrogen and oxygen atoms in total. The third-order valence-corrected chi connectivity index (χ3v) is 3.28. The van der Waals surface area contributed by atoms with E-state index in [4.69, 9.17) is 0 Å². The van der Waals surface area contributed by atoms with Crippen LogP contribution in [0.3, 0.4) is 0 Å². The molecule has 0 aromatic carbocycles. The van der Waals surface area contributed by atoms with Crippen LogP contribution in [0, 0.1) is 0 Å². The van der Waals surface area contributed by atoms with Crippen molar-refractivity contribution >= 4 is 9.39 Å². The van der Waals surface area contributed by atoms with Crippen molar-refractivity contribution in [2.45, 2.75) is 45.1 Å². The second-order valence-electron chi connectivity index (χ2n) is 3.72. The molecule has 1 heterocycles. The van der Waals surface area contributed by atoms with Crippen LogP contribution in [0.5, 0.6) is 0 Å². The molecule has 2 atom stereocenters. The summed E-state index contributed by atoms with van der Waals surface area (Å²) in [4.78, 5) is 0. The molecule has 0 aromatic heterocycles. The van der Waals surface area contributed by atoms with Crippen LogP contribution in [-0.4, -0.2) is 23.9 Å². The number of nitrogens with zero attached hydrogens (tertiary/aromatic N) is 1. The maximum absolute atomic E-state index is 3.44. The number of nitrogens with one attached hydrogen (secondary N) is 1. The molecule has 0 bridgehead atoms. The maximum atomic E-state index is 3.44. The van der Waals surface area contributed by atoms with E-state index in [1.54, 1.807) is 0 Å². The number of hydrogen-bond donors (Lipinski definition) is 1. The summed E-state index contributed by atoms with van der Waals surface area (Å²) in [7, 11) is 2.81. The zero-order chi connectivity index (χ0) is 8.81. The number of rotatable bonds is 0. The number of hydrogen-bond acceptors (Lipinski definition) is 2. The largest absolute Gasteiger partial charge is 0.304 e. The van der Waals surface area contributed by atoms with Crippen molar-refractivity contribution in [3.05, 3.63) is 0 Å². The molecule has 1 aliphatic rings. The maximum Gasteiger partial charge on any atom is 0.0515 e. The second-order valence-corrected chi connectivity index (χ2v) is 4.39. The van der Waals surface area contributed by atoms with Crippen molar-refractivity contribution in [2.24, 2.45) is 0 Å². The minimum absolute atomic E-state index is 0.709. The fraction of sp³-hybridized carbons (Fsp3) is 1.00. The van der Waals surface area contributed by atoms with Crippen LogP contribution in [-0.2, 0) is 0 Å². The van der Waals surface area contributed by atoms with Gasteiger partial charge < -0.3 is 5.32 Å². The lowest BCUT2D eigenvalue weighted by molar-refractivity contribution is 0.311. The Hall–Kier alpha value is 0.350. The zero-order valence-electron chi connectivity index (χ0n) is 8.05. The molecule has 0 aliphatic carbocycles. The van der Waals surface area contributed by atoms with Crippen LogP contribution in [0.2, 0.25) is 0 Å². The smallest absolute Gasteiger partial charge is 0.0515 e. The van der Waals surface area contributed by atoms with Gasteiger partial charge in [0.2, 0.25) is 0 Å². The second kappa shape index (κ2) is 5.90.